The van der Waals surface area contributed by atoms with Crippen molar-refractivity contribution in [3.63, 3.8) is 0 Å². The molecule has 1 fully saturated rings. The van der Waals surface area contributed by atoms with Gasteiger partial charge < -0.3 is 10.1 Å². The number of ether oxygens (including phenoxy) is 1. The van der Waals surface area contributed by atoms with E-state index in [2.05, 4.69) is 5.32 Å². The second-order valence-corrected chi connectivity index (χ2v) is 6.60. The van der Waals surface area contributed by atoms with Gasteiger partial charge in [0.25, 0.3) is 5.91 Å². The number of amides is 1. The molecular weight excluding hydrogens is 299 g/mol. The van der Waals surface area contributed by atoms with Gasteiger partial charge in [-0.25, -0.2) is 17.9 Å². The summed E-state index contributed by atoms with van der Waals surface area (Å²) >= 11 is 0. The van der Waals surface area contributed by atoms with E-state index in [9.17, 15) is 17.6 Å². The standard InChI is InChI=1S/C13H17FN2O4S/c1-8-6-10(4-5-20-8)16-13(17)9-2-3-11(14)12(7-9)21(15,18)19/h2-3,7-8,10H,4-6H2,1H3,(H,16,17)(H2,15,18,19). The molecule has 1 heterocycles. The van der Waals surface area contributed by atoms with E-state index in [0.717, 1.165) is 12.1 Å². The highest BCUT2D eigenvalue weighted by molar-refractivity contribution is 7.89. The SMILES string of the molecule is CC1CC(NC(=O)c2ccc(F)c(S(N)(=O)=O)c2)CCO1. The Hall–Kier alpha value is -1.51. The second-order valence-electron chi connectivity index (χ2n) is 5.07. The smallest absolute Gasteiger partial charge is 0.251 e. The molecule has 1 aliphatic rings. The van der Waals surface area contributed by atoms with Crippen LogP contribution in [0.1, 0.15) is 30.1 Å². The van der Waals surface area contributed by atoms with E-state index in [1.807, 2.05) is 6.92 Å². The normalized spacial score (nSPS) is 22.8. The van der Waals surface area contributed by atoms with Gasteiger partial charge in [0.15, 0.2) is 0 Å². The molecule has 0 aliphatic carbocycles. The zero-order valence-corrected chi connectivity index (χ0v) is 12.3. The van der Waals surface area contributed by atoms with Crippen molar-refractivity contribution in [2.75, 3.05) is 6.61 Å². The van der Waals surface area contributed by atoms with Crippen LogP contribution in [0.25, 0.3) is 0 Å². The van der Waals surface area contributed by atoms with Gasteiger partial charge in [-0.15, -0.1) is 0 Å². The topological polar surface area (TPSA) is 98.5 Å². The predicted octanol–water partition coefficient (Wildman–Crippen LogP) is 0.770. The van der Waals surface area contributed by atoms with Crippen molar-refractivity contribution >= 4 is 15.9 Å². The summed E-state index contributed by atoms with van der Waals surface area (Å²) in [6.07, 6.45) is 1.41. The summed E-state index contributed by atoms with van der Waals surface area (Å²) in [6.45, 7) is 2.47. The molecule has 2 atom stereocenters. The van der Waals surface area contributed by atoms with Gasteiger partial charge in [-0.2, -0.15) is 0 Å². The number of primary sulfonamides is 1. The van der Waals surface area contributed by atoms with Crippen molar-refractivity contribution in [3.8, 4) is 0 Å². The number of hydrogen-bond donors (Lipinski definition) is 2. The fourth-order valence-corrected chi connectivity index (χ4v) is 2.89. The fraction of sp³-hybridized carbons (Fsp3) is 0.462. The summed E-state index contributed by atoms with van der Waals surface area (Å²) in [7, 11) is -4.21. The highest BCUT2D eigenvalue weighted by atomic mass is 32.2. The first-order chi connectivity index (χ1) is 9.77. The summed E-state index contributed by atoms with van der Waals surface area (Å²) < 4.78 is 41.3. The molecule has 0 aromatic heterocycles. The summed E-state index contributed by atoms with van der Waals surface area (Å²) in [5, 5.41) is 7.70. The van der Waals surface area contributed by atoms with Crippen LogP contribution in [0.2, 0.25) is 0 Å². The third kappa shape index (κ3) is 3.99. The van der Waals surface area contributed by atoms with Crippen LogP contribution in [-0.4, -0.2) is 33.1 Å². The van der Waals surface area contributed by atoms with Crippen LogP contribution in [0.4, 0.5) is 4.39 Å². The Kier molecular flexibility index (Phi) is 4.60. The van der Waals surface area contributed by atoms with Crippen molar-refractivity contribution in [2.24, 2.45) is 5.14 Å². The van der Waals surface area contributed by atoms with Gasteiger partial charge in [0.05, 0.1) is 6.10 Å². The van der Waals surface area contributed by atoms with Crippen molar-refractivity contribution in [1.82, 2.24) is 5.32 Å². The minimum absolute atomic E-state index is 0.0516. The third-order valence-electron chi connectivity index (χ3n) is 3.32. The molecule has 6 nitrogen and oxygen atoms in total. The number of carbonyl (C=O) groups excluding carboxylic acids is 1. The third-order valence-corrected chi connectivity index (χ3v) is 4.25. The average Bonchev–Trinajstić information content (AvgIpc) is 2.37. The molecule has 21 heavy (non-hydrogen) atoms. The van der Waals surface area contributed by atoms with E-state index in [-0.39, 0.29) is 17.7 Å². The van der Waals surface area contributed by atoms with E-state index in [1.165, 1.54) is 6.07 Å². The van der Waals surface area contributed by atoms with Crippen LogP contribution in [0.3, 0.4) is 0 Å². The van der Waals surface area contributed by atoms with Crippen molar-refractivity contribution in [1.29, 1.82) is 0 Å². The molecule has 1 aromatic rings. The molecule has 3 N–H and O–H groups in total. The average molecular weight is 316 g/mol. The molecule has 1 amide bonds. The van der Waals surface area contributed by atoms with E-state index in [4.69, 9.17) is 9.88 Å². The largest absolute Gasteiger partial charge is 0.378 e. The number of benzene rings is 1. The van der Waals surface area contributed by atoms with Crippen LogP contribution in [0, 0.1) is 5.82 Å². The minimum atomic E-state index is -4.21. The summed E-state index contributed by atoms with van der Waals surface area (Å²) in [4.78, 5) is 11.4. The maximum atomic E-state index is 13.4. The number of rotatable bonds is 3. The van der Waals surface area contributed by atoms with E-state index in [1.54, 1.807) is 0 Å². The zero-order valence-electron chi connectivity index (χ0n) is 11.5. The Morgan fingerprint density at radius 1 is 1.48 bits per heavy atom. The van der Waals surface area contributed by atoms with Crippen LogP contribution < -0.4 is 10.5 Å². The van der Waals surface area contributed by atoms with Gasteiger partial charge in [0, 0.05) is 18.2 Å². The van der Waals surface area contributed by atoms with Crippen LogP contribution >= 0.6 is 0 Å². The number of nitrogens with two attached hydrogens (primary N) is 1. The lowest BCUT2D eigenvalue weighted by atomic mass is 10.0. The molecule has 116 valence electrons. The molecule has 0 bridgehead atoms. The van der Waals surface area contributed by atoms with E-state index >= 15 is 0 Å². The van der Waals surface area contributed by atoms with Crippen LogP contribution in [0.15, 0.2) is 23.1 Å². The number of hydrogen-bond acceptors (Lipinski definition) is 4. The quantitative estimate of drug-likeness (QED) is 0.860. The molecule has 2 unspecified atom stereocenters. The fourth-order valence-electron chi connectivity index (χ4n) is 2.26. The molecule has 1 aromatic carbocycles. The van der Waals surface area contributed by atoms with Gasteiger partial charge in [-0.3, -0.25) is 4.79 Å². The molecular formula is C13H17FN2O4S. The predicted molar refractivity (Wildman–Crippen MR) is 73.7 cm³/mol. The summed E-state index contributed by atoms with van der Waals surface area (Å²) in [5.74, 6) is -1.44. The van der Waals surface area contributed by atoms with E-state index < -0.39 is 26.6 Å². The lowest BCUT2D eigenvalue weighted by Gasteiger charge is -2.28. The second kappa shape index (κ2) is 6.08. The molecule has 1 aliphatic heterocycles. The van der Waals surface area contributed by atoms with Crippen molar-refractivity contribution in [3.05, 3.63) is 29.6 Å². The molecule has 8 heteroatoms. The number of sulfonamides is 1. The Balaban J connectivity index is 2.16. The first-order valence-corrected chi connectivity index (χ1v) is 8.07. The minimum Gasteiger partial charge on any atom is -0.378 e. The van der Waals surface area contributed by atoms with Gasteiger partial charge >= 0.3 is 0 Å². The zero-order chi connectivity index (χ0) is 15.6. The van der Waals surface area contributed by atoms with Crippen LogP contribution in [0.5, 0.6) is 0 Å². The Bertz CT molecular complexity index is 648. The first kappa shape index (κ1) is 15.9. The van der Waals surface area contributed by atoms with Gasteiger partial charge in [0.2, 0.25) is 10.0 Å². The number of carbonyl (C=O) groups is 1. The highest BCUT2D eigenvalue weighted by Gasteiger charge is 2.23. The summed E-state index contributed by atoms with van der Waals surface area (Å²) in [6, 6.07) is 3.04. The van der Waals surface area contributed by atoms with Gasteiger partial charge in [-0.1, -0.05) is 0 Å². The number of halogens is 1. The van der Waals surface area contributed by atoms with Gasteiger partial charge in [-0.05, 0) is 38.0 Å². The van der Waals surface area contributed by atoms with Crippen LogP contribution in [-0.2, 0) is 14.8 Å². The Morgan fingerprint density at radius 2 is 2.19 bits per heavy atom. The first-order valence-electron chi connectivity index (χ1n) is 6.52. The lowest BCUT2D eigenvalue weighted by molar-refractivity contribution is 0.0136. The number of nitrogens with one attached hydrogen (secondary N) is 1. The molecule has 0 radical (unpaired) electrons. The van der Waals surface area contributed by atoms with Gasteiger partial charge in [0.1, 0.15) is 10.7 Å². The van der Waals surface area contributed by atoms with E-state index in [0.29, 0.717) is 19.4 Å². The van der Waals surface area contributed by atoms with Crippen molar-refractivity contribution in [2.45, 2.75) is 36.8 Å². The van der Waals surface area contributed by atoms with Crippen molar-refractivity contribution < 1.29 is 22.3 Å². The summed E-state index contributed by atoms with van der Waals surface area (Å²) in [5.41, 5.74) is 0.0552. The Labute approximate surface area is 122 Å². The molecule has 0 spiro atoms. The monoisotopic (exact) mass is 316 g/mol. The maximum Gasteiger partial charge on any atom is 0.251 e. The Morgan fingerprint density at radius 3 is 2.81 bits per heavy atom. The lowest BCUT2D eigenvalue weighted by Crippen LogP contribution is -2.41. The highest BCUT2D eigenvalue weighted by Crippen LogP contribution is 2.17. The molecule has 1 saturated heterocycles. The molecule has 0 saturated carbocycles. The maximum absolute atomic E-state index is 13.4. The molecule has 2 rings (SSSR count).